The molecule has 6 nitrogen and oxygen atoms in total. The van der Waals surface area contributed by atoms with Crippen molar-refractivity contribution in [2.75, 3.05) is 38.2 Å². The van der Waals surface area contributed by atoms with Gasteiger partial charge in [0.05, 0.1) is 17.6 Å². The third-order valence-corrected chi connectivity index (χ3v) is 6.68. The van der Waals surface area contributed by atoms with E-state index in [0.717, 1.165) is 11.8 Å². The molecular weight excluding hydrogens is 371 g/mol. The Morgan fingerprint density at radius 2 is 1.78 bits per heavy atom. The molecule has 0 spiro atoms. The standard InChI is InChI=1S/C19H21FN2O4S/c1-14-12-16(20)6-7-18(14)27(24,25)22-10-8-21(9-11-22)17-5-3-4-15(13-17)19(23)26-2/h3-7,12-13H,8-11H2,1-2H3. The predicted molar refractivity (Wildman–Crippen MR) is 99.9 cm³/mol. The number of nitrogens with zero attached hydrogens (tertiary/aromatic N) is 2. The summed E-state index contributed by atoms with van der Waals surface area (Å²) in [6, 6.07) is 10.8. The van der Waals surface area contributed by atoms with Gasteiger partial charge in [0, 0.05) is 31.9 Å². The number of esters is 1. The minimum atomic E-state index is -3.67. The molecule has 0 saturated carbocycles. The lowest BCUT2D eigenvalue weighted by Gasteiger charge is -2.35. The molecule has 1 fully saturated rings. The Bertz CT molecular complexity index is 954. The van der Waals surface area contributed by atoms with Gasteiger partial charge in [-0.3, -0.25) is 0 Å². The quantitative estimate of drug-likeness (QED) is 0.748. The summed E-state index contributed by atoms with van der Waals surface area (Å²) in [7, 11) is -2.35. The summed E-state index contributed by atoms with van der Waals surface area (Å²) in [5.74, 6) is -0.869. The number of piperazine rings is 1. The van der Waals surface area contributed by atoms with Crippen LogP contribution in [-0.4, -0.2) is 52.0 Å². The summed E-state index contributed by atoms with van der Waals surface area (Å²) in [4.78, 5) is 13.8. The molecule has 0 radical (unpaired) electrons. The van der Waals surface area contributed by atoms with Gasteiger partial charge in [0.15, 0.2) is 0 Å². The van der Waals surface area contributed by atoms with Crippen LogP contribution in [0, 0.1) is 12.7 Å². The van der Waals surface area contributed by atoms with Gasteiger partial charge in [-0.2, -0.15) is 4.31 Å². The van der Waals surface area contributed by atoms with E-state index in [1.165, 1.54) is 23.5 Å². The van der Waals surface area contributed by atoms with Crippen LogP contribution in [0.1, 0.15) is 15.9 Å². The zero-order chi connectivity index (χ0) is 19.6. The minimum Gasteiger partial charge on any atom is -0.465 e. The second-order valence-corrected chi connectivity index (χ2v) is 8.25. The number of hydrogen-bond donors (Lipinski definition) is 0. The first kappa shape index (κ1) is 19.3. The Morgan fingerprint density at radius 1 is 1.07 bits per heavy atom. The molecule has 1 heterocycles. The molecule has 3 rings (SSSR count). The van der Waals surface area contributed by atoms with E-state index in [9.17, 15) is 17.6 Å². The first-order valence-electron chi connectivity index (χ1n) is 8.52. The first-order valence-corrected chi connectivity index (χ1v) is 9.96. The van der Waals surface area contributed by atoms with E-state index in [2.05, 4.69) is 0 Å². The third-order valence-electron chi connectivity index (χ3n) is 4.63. The molecule has 0 aliphatic carbocycles. The maximum Gasteiger partial charge on any atom is 0.337 e. The van der Waals surface area contributed by atoms with Gasteiger partial charge in [0.25, 0.3) is 0 Å². The largest absolute Gasteiger partial charge is 0.465 e. The highest BCUT2D eigenvalue weighted by atomic mass is 32.2. The van der Waals surface area contributed by atoms with Crippen LogP contribution < -0.4 is 4.90 Å². The number of ether oxygens (including phenoxy) is 1. The van der Waals surface area contributed by atoms with Gasteiger partial charge in [0.2, 0.25) is 10.0 Å². The summed E-state index contributed by atoms with van der Waals surface area (Å²) < 4.78 is 45.2. The van der Waals surface area contributed by atoms with E-state index >= 15 is 0 Å². The van der Waals surface area contributed by atoms with Crippen molar-refractivity contribution in [2.24, 2.45) is 0 Å². The van der Waals surface area contributed by atoms with Gasteiger partial charge < -0.3 is 9.64 Å². The predicted octanol–water partition coefficient (Wildman–Crippen LogP) is 2.43. The van der Waals surface area contributed by atoms with E-state index in [4.69, 9.17) is 4.74 Å². The fraction of sp³-hybridized carbons (Fsp3) is 0.316. The Hall–Kier alpha value is -2.45. The molecule has 1 aliphatic heterocycles. The summed E-state index contributed by atoms with van der Waals surface area (Å²) >= 11 is 0. The Kier molecular flexibility index (Phi) is 5.48. The maximum atomic E-state index is 13.3. The number of benzene rings is 2. The number of carbonyl (C=O) groups is 1. The van der Waals surface area contributed by atoms with E-state index in [0.29, 0.717) is 37.3 Å². The van der Waals surface area contributed by atoms with Crippen molar-refractivity contribution in [1.29, 1.82) is 0 Å². The number of anilines is 1. The van der Waals surface area contributed by atoms with Crippen molar-refractivity contribution >= 4 is 21.7 Å². The normalized spacial score (nSPS) is 15.6. The van der Waals surface area contributed by atoms with Crippen LogP contribution >= 0.6 is 0 Å². The summed E-state index contributed by atoms with van der Waals surface area (Å²) in [5, 5.41) is 0. The minimum absolute atomic E-state index is 0.130. The van der Waals surface area contributed by atoms with E-state index in [1.807, 2.05) is 11.0 Å². The van der Waals surface area contributed by atoms with Crippen LogP contribution in [0.25, 0.3) is 0 Å². The molecule has 144 valence electrons. The topological polar surface area (TPSA) is 66.9 Å². The van der Waals surface area contributed by atoms with E-state index < -0.39 is 21.8 Å². The SMILES string of the molecule is COC(=O)c1cccc(N2CCN(S(=O)(=O)c3ccc(F)cc3C)CC2)c1. The Labute approximate surface area is 158 Å². The lowest BCUT2D eigenvalue weighted by molar-refractivity contribution is 0.0600. The number of aryl methyl sites for hydroxylation is 1. The molecule has 0 N–H and O–H groups in total. The highest BCUT2D eigenvalue weighted by Crippen LogP contribution is 2.24. The van der Waals surface area contributed by atoms with Gasteiger partial charge >= 0.3 is 5.97 Å². The number of hydrogen-bond acceptors (Lipinski definition) is 5. The van der Waals surface area contributed by atoms with Gasteiger partial charge in [-0.15, -0.1) is 0 Å². The van der Waals surface area contributed by atoms with Crippen molar-refractivity contribution in [2.45, 2.75) is 11.8 Å². The third kappa shape index (κ3) is 3.96. The van der Waals surface area contributed by atoms with Crippen LogP contribution in [0.3, 0.4) is 0 Å². The average Bonchev–Trinajstić information content (AvgIpc) is 2.67. The molecule has 1 saturated heterocycles. The fourth-order valence-corrected chi connectivity index (χ4v) is 4.80. The van der Waals surface area contributed by atoms with Crippen molar-refractivity contribution in [3.05, 3.63) is 59.4 Å². The molecule has 0 atom stereocenters. The number of methoxy groups -OCH3 is 1. The fourth-order valence-electron chi connectivity index (χ4n) is 3.18. The van der Waals surface area contributed by atoms with Crippen LogP contribution in [0.5, 0.6) is 0 Å². The van der Waals surface area contributed by atoms with E-state index in [-0.39, 0.29) is 4.90 Å². The molecule has 2 aromatic rings. The van der Waals surface area contributed by atoms with Gasteiger partial charge in [-0.1, -0.05) is 6.07 Å². The van der Waals surface area contributed by atoms with E-state index in [1.54, 1.807) is 25.1 Å². The molecule has 2 aromatic carbocycles. The van der Waals surface area contributed by atoms with Crippen LogP contribution in [-0.2, 0) is 14.8 Å². The summed E-state index contributed by atoms with van der Waals surface area (Å²) in [5.41, 5.74) is 1.68. The Morgan fingerprint density at radius 3 is 2.41 bits per heavy atom. The van der Waals surface area contributed by atoms with Crippen LogP contribution in [0.15, 0.2) is 47.4 Å². The van der Waals surface area contributed by atoms with Gasteiger partial charge in [-0.05, 0) is 48.9 Å². The smallest absolute Gasteiger partial charge is 0.337 e. The zero-order valence-electron chi connectivity index (χ0n) is 15.2. The molecule has 0 aromatic heterocycles. The average molecular weight is 392 g/mol. The molecule has 0 bridgehead atoms. The summed E-state index contributed by atoms with van der Waals surface area (Å²) in [6.45, 7) is 3.18. The lowest BCUT2D eigenvalue weighted by Crippen LogP contribution is -2.48. The van der Waals surface area contributed by atoms with Crippen molar-refractivity contribution in [3.63, 3.8) is 0 Å². The number of sulfonamides is 1. The molecule has 0 unspecified atom stereocenters. The highest BCUT2D eigenvalue weighted by molar-refractivity contribution is 7.89. The van der Waals surface area contributed by atoms with Crippen molar-refractivity contribution < 1.29 is 22.3 Å². The number of halogens is 1. The van der Waals surface area contributed by atoms with Crippen LogP contribution in [0.2, 0.25) is 0 Å². The molecule has 0 amide bonds. The lowest BCUT2D eigenvalue weighted by atomic mass is 10.2. The molecule has 27 heavy (non-hydrogen) atoms. The number of rotatable bonds is 4. The maximum absolute atomic E-state index is 13.3. The van der Waals surface area contributed by atoms with Crippen molar-refractivity contribution in [1.82, 2.24) is 4.31 Å². The highest BCUT2D eigenvalue weighted by Gasteiger charge is 2.30. The first-order chi connectivity index (χ1) is 12.8. The number of carbonyl (C=O) groups excluding carboxylic acids is 1. The Balaban J connectivity index is 1.74. The second-order valence-electron chi connectivity index (χ2n) is 6.34. The molecule has 1 aliphatic rings. The van der Waals surface area contributed by atoms with Gasteiger partial charge in [-0.25, -0.2) is 17.6 Å². The monoisotopic (exact) mass is 392 g/mol. The summed E-state index contributed by atoms with van der Waals surface area (Å²) in [6.07, 6.45) is 0. The van der Waals surface area contributed by atoms with Gasteiger partial charge in [0.1, 0.15) is 5.82 Å². The van der Waals surface area contributed by atoms with Crippen molar-refractivity contribution in [3.8, 4) is 0 Å². The zero-order valence-corrected chi connectivity index (χ0v) is 16.0. The second kappa shape index (κ2) is 7.66. The van der Waals surface area contributed by atoms with Crippen LogP contribution in [0.4, 0.5) is 10.1 Å². The molecular formula is C19H21FN2O4S. The molecule has 8 heteroatoms.